The van der Waals surface area contributed by atoms with Crippen LogP contribution in [0.3, 0.4) is 0 Å². The van der Waals surface area contributed by atoms with E-state index in [2.05, 4.69) is 0 Å². The first-order valence-corrected chi connectivity index (χ1v) is 7.26. The maximum Gasteiger partial charge on any atom is 0.168 e. The lowest BCUT2D eigenvalue weighted by Crippen LogP contribution is -2.35. The highest BCUT2D eigenvalue weighted by molar-refractivity contribution is 5.31. The Morgan fingerprint density at radius 1 is 1.37 bits per heavy atom. The second-order valence-corrected chi connectivity index (χ2v) is 6.14. The largest absolute Gasteiger partial charge is 0.494 e. The van der Waals surface area contributed by atoms with Crippen molar-refractivity contribution in [1.29, 1.82) is 0 Å². The van der Waals surface area contributed by atoms with E-state index in [1.54, 1.807) is 6.07 Å². The Hall–Kier alpha value is -1.09. The van der Waals surface area contributed by atoms with Crippen LogP contribution in [0.15, 0.2) is 18.2 Å². The Labute approximate surface area is 114 Å². The summed E-state index contributed by atoms with van der Waals surface area (Å²) in [6.07, 6.45) is 5.92. The number of rotatable bonds is 4. The minimum absolute atomic E-state index is 0.0805. The summed E-state index contributed by atoms with van der Waals surface area (Å²) in [5.41, 5.74) is 7.04. The van der Waals surface area contributed by atoms with Crippen LogP contribution in [0.4, 0.5) is 4.39 Å². The van der Waals surface area contributed by atoms with Crippen molar-refractivity contribution in [2.24, 2.45) is 23.5 Å². The fourth-order valence-electron chi connectivity index (χ4n) is 4.10. The molecule has 0 amide bonds. The normalized spacial score (nSPS) is 30.6. The van der Waals surface area contributed by atoms with Crippen LogP contribution >= 0.6 is 0 Å². The summed E-state index contributed by atoms with van der Waals surface area (Å²) in [6.45, 7) is 0. The lowest BCUT2D eigenvalue weighted by molar-refractivity contribution is 0.278. The van der Waals surface area contributed by atoms with Gasteiger partial charge in [-0.25, -0.2) is 4.39 Å². The Bertz CT molecular complexity index is 462. The molecular formula is C16H22FNO. The molecule has 0 aromatic heterocycles. The first-order chi connectivity index (χ1) is 9.19. The molecule has 2 bridgehead atoms. The van der Waals surface area contributed by atoms with Gasteiger partial charge in [0.1, 0.15) is 0 Å². The molecule has 2 nitrogen and oxygen atoms in total. The van der Waals surface area contributed by atoms with Crippen molar-refractivity contribution in [3.63, 3.8) is 0 Å². The minimum Gasteiger partial charge on any atom is -0.494 e. The molecule has 19 heavy (non-hydrogen) atoms. The van der Waals surface area contributed by atoms with Gasteiger partial charge in [-0.3, -0.25) is 0 Å². The van der Waals surface area contributed by atoms with Crippen molar-refractivity contribution < 1.29 is 9.13 Å². The molecule has 1 aromatic carbocycles. The van der Waals surface area contributed by atoms with Crippen LogP contribution < -0.4 is 10.5 Å². The van der Waals surface area contributed by atoms with Gasteiger partial charge in [-0.15, -0.1) is 0 Å². The fourth-order valence-corrected chi connectivity index (χ4v) is 4.10. The van der Waals surface area contributed by atoms with Crippen molar-refractivity contribution >= 4 is 0 Å². The molecule has 3 rings (SSSR count). The summed E-state index contributed by atoms with van der Waals surface area (Å²) >= 11 is 0. The second kappa shape index (κ2) is 5.12. The summed E-state index contributed by atoms with van der Waals surface area (Å²) in [6, 6.07) is 5.40. The molecule has 2 fully saturated rings. The van der Waals surface area contributed by atoms with E-state index >= 15 is 0 Å². The Kier molecular flexibility index (Phi) is 3.48. The Morgan fingerprint density at radius 3 is 2.84 bits per heavy atom. The van der Waals surface area contributed by atoms with Gasteiger partial charge < -0.3 is 10.5 Å². The van der Waals surface area contributed by atoms with Gasteiger partial charge in [0, 0.05) is 6.04 Å². The third-order valence-corrected chi connectivity index (χ3v) is 5.06. The van der Waals surface area contributed by atoms with Crippen molar-refractivity contribution in [1.82, 2.24) is 0 Å². The number of fused-ring (bicyclic) bond motifs is 2. The Balaban J connectivity index is 1.71. The molecule has 0 spiro atoms. The van der Waals surface area contributed by atoms with Gasteiger partial charge >= 0.3 is 0 Å². The van der Waals surface area contributed by atoms with Crippen LogP contribution in [0.2, 0.25) is 0 Å². The van der Waals surface area contributed by atoms with E-state index in [4.69, 9.17) is 10.5 Å². The molecule has 2 saturated carbocycles. The number of ether oxygens (including phenoxy) is 1. The van der Waals surface area contributed by atoms with Crippen molar-refractivity contribution in [3.05, 3.63) is 29.6 Å². The Morgan fingerprint density at radius 2 is 2.21 bits per heavy atom. The van der Waals surface area contributed by atoms with Crippen LogP contribution in [0, 0.1) is 23.6 Å². The zero-order valence-corrected chi connectivity index (χ0v) is 11.4. The van der Waals surface area contributed by atoms with Crippen molar-refractivity contribution in [2.45, 2.75) is 38.1 Å². The molecule has 0 saturated heterocycles. The average Bonchev–Trinajstić information content (AvgIpc) is 3.03. The van der Waals surface area contributed by atoms with Gasteiger partial charge in [-0.05, 0) is 55.1 Å². The van der Waals surface area contributed by atoms with Crippen LogP contribution in [-0.4, -0.2) is 13.2 Å². The molecular weight excluding hydrogens is 241 g/mol. The van der Waals surface area contributed by atoms with Gasteiger partial charge in [0.05, 0.1) is 7.11 Å². The van der Waals surface area contributed by atoms with Gasteiger partial charge in [0.25, 0.3) is 0 Å². The van der Waals surface area contributed by atoms with E-state index < -0.39 is 0 Å². The van der Waals surface area contributed by atoms with Crippen LogP contribution in [0.5, 0.6) is 5.75 Å². The average molecular weight is 263 g/mol. The third-order valence-electron chi connectivity index (χ3n) is 5.06. The molecule has 2 N–H and O–H groups in total. The van der Waals surface area contributed by atoms with Crippen LogP contribution in [0.1, 0.15) is 31.2 Å². The van der Waals surface area contributed by atoms with E-state index in [-0.39, 0.29) is 11.9 Å². The van der Waals surface area contributed by atoms with Gasteiger partial charge in [0.2, 0.25) is 0 Å². The first kappa shape index (κ1) is 12.9. The highest BCUT2D eigenvalue weighted by Gasteiger charge is 2.42. The number of halogens is 1. The van der Waals surface area contributed by atoms with E-state index in [1.165, 1.54) is 32.8 Å². The van der Waals surface area contributed by atoms with Gasteiger partial charge in [-0.1, -0.05) is 18.6 Å². The monoisotopic (exact) mass is 263 g/mol. The predicted octanol–water partition coefficient (Wildman–Crippen LogP) is 3.14. The summed E-state index contributed by atoms with van der Waals surface area (Å²) < 4.78 is 19.2. The highest BCUT2D eigenvalue weighted by atomic mass is 19.1. The minimum atomic E-state index is -0.247. The smallest absolute Gasteiger partial charge is 0.168 e. The molecule has 0 heterocycles. The van der Waals surface area contributed by atoms with Gasteiger partial charge in [-0.2, -0.15) is 0 Å². The molecule has 0 aliphatic heterocycles. The summed E-state index contributed by atoms with van der Waals surface area (Å²) in [5, 5.41) is 0. The molecule has 2 aliphatic carbocycles. The maximum atomic E-state index is 14.1. The molecule has 4 unspecified atom stereocenters. The molecule has 104 valence electrons. The number of benzene rings is 1. The fraction of sp³-hybridized carbons (Fsp3) is 0.625. The number of methoxy groups -OCH3 is 1. The van der Waals surface area contributed by atoms with Crippen LogP contribution in [0.25, 0.3) is 0 Å². The molecule has 3 heteroatoms. The summed E-state index contributed by atoms with van der Waals surface area (Å²) in [4.78, 5) is 0. The number of nitrogens with two attached hydrogens (primary N) is 1. The third kappa shape index (κ3) is 2.36. The van der Waals surface area contributed by atoms with E-state index in [9.17, 15) is 4.39 Å². The summed E-state index contributed by atoms with van der Waals surface area (Å²) in [7, 11) is 1.50. The lowest BCUT2D eigenvalue weighted by atomic mass is 9.81. The van der Waals surface area contributed by atoms with E-state index in [0.29, 0.717) is 23.7 Å². The SMILES string of the molecule is COc1cccc(CC(N)C2CC3CCC2C3)c1F. The maximum absolute atomic E-state index is 14.1. The highest BCUT2D eigenvalue weighted by Crippen LogP contribution is 2.49. The molecule has 2 aliphatic rings. The van der Waals surface area contributed by atoms with E-state index in [1.807, 2.05) is 12.1 Å². The standard InChI is InChI=1S/C16H22FNO/c1-19-15-4-2-3-12(16(15)17)9-14(18)13-8-10-5-6-11(13)7-10/h2-4,10-11,13-14H,5-9,18H2,1H3. The number of hydrogen-bond acceptors (Lipinski definition) is 2. The van der Waals surface area contributed by atoms with E-state index in [0.717, 1.165) is 11.8 Å². The van der Waals surface area contributed by atoms with Crippen LogP contribution in [-0.2, 0) is 6.42 Å². The first-order valence-electron chi connectivity index (χ1n) is 7.26. The van der Waals surface area contributed by atoms with Crippen molar-refractivity contribution in [3.8, 4) is 5.75 Å². The summed E-state index contributed by atoms with van der Waals surface area (Å²) in [5.74, 6) is 2.33. The molecule has 1 aromatic rings. The van der Waals surface area contributed by atoms with Gasteiger partial charge in [0.15, 0.2) is 11.6 Å². The quantitative estimate of drug-likeness (QED) is 0.905. The lowest BCUT2D eigenvalue weighted by Gasteiger charge is -2.28. The molecule has 4 atom stereocenters. The number of hydrogen-bond donors (Lipinski definition) is 1. The second-order valence-electron chi connectivity index (χ2n) is 6.14. The molecule has 0 radical (unpaired) electrons. The van der Waals surface area contributed by atoms with Crippen molar-refractivity contribution in [2.75, 3.05) is 7.11 Å². The topological polar surface area (TPSA) is 35.2 Å². The predicted molar refractivity (Wildman–Crippen MR) is 73.6 cm³/mol. The zero-order chi connectivity index (χ0) is 13.4. The zero-order valence-electron chi connectivity index (χ0n) is 11.4.